The number of rotatable bonds is 5. The smallest absolute Gasteiger partial charge is 0.228 e. The van der Waals surface area contributed by atoms with Crippen LogP contribution in [0.25, 0.3) is 0 Å². The Labute approximate surface area is 108 Å². The molecule has 0 radical (unpaired) electrons. The molecular formula is C14H20N2O2. The van der Waals surface area contributed by atoms with Gasteiger partial charge in [-0.25, -0.2) is 0 Å². The number of hydrogen-bond donors (Lipinski definition) is 2. The van der Waals surface area contributed by atoms with Gasteiger partial charge < -0.3 is 15.8 Å². The van der Waals surface area contributed by atoms with Gasteiger partial charge >= 0.3 is 0 Å². The van der Waals surface area contributed by atoms with Crippen molar-refractivity contribution in [3.8, 4) is 5.75 Å². The lowest BCUT2D eigenvalue weighted by molar-refractivity contribution is -0.117. The van der Waals surface area contributed by atoms with Crippen LogP contribution in [0.3, 0.4) is 0 Å². The lowest BCUT2D eigenvalue weighted by Crippen LogP contribution is -2.16. The first-order valence-corrected chi connectivity index (χ1v) is 6.27. The van der Waals surface area contributed by atoms with Crippen LogP contribution in [0.2, 0.25) is 0 Å². The van der Waals surface area contributed by atoms with Gasteiger partial charge in [0, 0.05) is 24.2 Å². The maximum absolute atomic E-state index is 11.9. The molecule has 1 atom stereocenters. The number of anilines is 1. The highest BCUT2D eigenvalue weighted by Crippen LogP contribution is 2.52. The van der Waals surface area contributed by atoms with Crippen LogP contribution in [0.5, 0.6) is 5.75 Å². The van der Waals surface area contributed by atoms with E-state index >= 15 is 0 Å². The molecule has 1 fully saturated rings. The molecule has 1 saturated carbocycles. The van der Waals surface area contributed by atoms with E-state index in [2.05, 4.69) is 19.2 Å². The summed E-state index contributed by atoms with van der Waals surface area (Å²) in [6.45, 7) is 5.18. The third-order valence-electron chi connectivity index (χ3n) is 3.32. The largest absolute Gasteiger partial charge is 0.492 e. The molecule has 1 aromatic carbocycles. The Hall–Kier alpha value is -1.55. The second-order valence-electron chi connectivity index (χ2n) is 5.40. The molecule has 0 saturated heterocycles. The molecule has 4 nitrogen and oxygen atoms in total. The summed E-state index contributed by atoms with van der Waals surface area (Å²) in [6.07, 6.45) is 0.961. The second-order valence-corrected chi connectivity index (χ2v) is 5.40. The first-order valence-electron chi connectivity index (χ1n) is 6.27. The van der Waals surface area contributed by atoms with Gasteiger partial charge in [-0.2, -0.15) is 0 Å². The van der Waals surface area contributed by atoms with Gasteiger partial charge in [0.25, 0.3) is 0 Å². The van der Waals surface area contributed by atoms with Crippen LogP contribution < -0.4 is 15.8 Å². The van der Waals surface area contributed by atoms with Gasteiger partial charge in [-0.3, -0.25) is 4.79 Å². The number of carbonyl (C=O) groups excluding carboxylic acids is 1. The molecule has 1 aliphatic carbocycles. The Balaban J connectivity index is 1.95. The Morgan fingerprint density at radius 1 is 1.56 bits per heavy atom. The van der Waals surface area contributed by atoms with Gasteiger partial charge in [0.1, 0.15) is 12.4 Å². The molecular weight excluding hydrogens is 228 g/mol. The van der Waals surface area contributed by atoms with Crippen molar-refractivity contribution in [1.29, 1.82) is 0 Å². The van der Waals surface area contributed by atoms with Gasteiger partial charge in [-0.1, -0.05) is 19.9 Å². The van der Waals surface area contributed by atoms with Crippen molar-refractivity contribution in [3.05, 3.63) is 24.3 Å². The Bertz CT molecular complexity index is 443. The summed E-state index contributed by atoms with van der Waals surface area (Å²) in [6, 6.07) is 7.40. The van der Waals surface area contributed by atoms with Gasteiger partial charge in [0.2, 0.25) is 5.91 Å². The van der Waals surface area contributed by atoms with Crippen molar-refractivity contribution in [2.45, 2.75) is 20.3 Å². The molecule has 0 heterocycles. The fourth-order valence-corrected chi connectivity index (χ4v) is 1.98. The predicted octanol–water partition coefficient (Wildman–Crippen LogP) is 2.01. The first-order chi connectivity index (χ1) is 8.53. The maximum Gasteiger partial charge on any atom is 0.228 e. The summed E-state index contributed by atoms with van der Waals surface area (Å²) in [7, 11) is 0. The Morgan fingerprint density at radius 3 is 2.89 bits per heavy atom. The van der Waals surface area contributed by atoms with Crippen LogP contribution in [0, 0.1) is 11.3 Å². The lowest BCUT2D eigenvalue weighted by Gasteiger charge is -2.09. The number of carbonyl (C=O) groups is 1. The van der Waals surface area contributed by atoms with E-state index in [0.717, 1.165) is 17.9 Å². The lowest BCUT2D eigenvalue weighted by atomic mass is 10.1. The molecule has 2 rings (SSSR count). The SMILES string of the molecule is CC1(C)CC1C(=O)Nc1cccc(OCCN)c1. The normalized spacial score (nSPS) is 20.3. The molecule has 1 amide bonds. The third-order valence-corrected chi connectivity index (χ3v) is 3.32. The van der Waals surface area contributed by atoms with E-state index in [1.807, 2.05) is 24.3 Å². The molecule has 1 aliphatic rings. The van der Waals surface area contributed by atoms with E-state index in [4.69, 9.17) is 10.5 Å². The molecule has 1 aromatic rings. The molecule has 0 spiro atoms. The number of ether oxygens (including phenoxy) is 1. The fraction of sp³-hybridized carbons (Fsp3) is 0.500. The van der Waals surface area contributed by atoms with E-state index < -0.39 is 0 Å². The van der Waals surface area contributed by atoms with E-state index in [1.54, 1.807) is 0 Å². The zero-order valence-corrected chi connectivity index (χ0v) is 10.9. The van der Waals surface area contributed by atoms with Crippen LogP contribution in [0.15, 0.2) is 24.3 Å². The number of amides is 1. The molecule has 98 valence electrons. The maximum atomic E-state index is 11.9. The summed E-state index contributed by atoms with van der Waals surface area (Å²) in [5.41, 5.74) is 6.30. The second kappa shape index (κ2) is 4.98. The van der Waals surface area contributed by atoms with Crippen molar-refractivity contribution in [3.63, 3.8) is 0 Å². The molecule has 4 heteroatoms. The summed E-state index contributed by atoms with van der Waals surface area (Å²) >= 11 is 0. The topological polar surface area (TPSA) is 64.3 Å². The van der Waals surface area contributed by atoms with Crippen LogP contribution in [0.4, 0.5) is 5.69 Å². The first kappa shape index (κ1) is 12.9. The van der Waals surface area contributed by atoms with Crippen LogP contribution in [-0.2, 0) is 4.79 Å². The van der Waals surface area contributed by atoms with E-state index in [-0.39, 0.29) is 17.2 Å². The monoisotopic (exact) mass is 248 g/mol. The summed E-state index contributed by atoms with van der Waals surface area (Å²) in [5.74, 6) is 0.954. The number of benzene rings is 1. The molecule has 18 heavy (non-hydrogen) atoms. The van der Waals surface area contributed by atoms with Gasteiger partial charge in [-0.15, -0.1) is 0 Å². The number of hydrogen-bond acceptors (Lipinski definition) is 3. The minimum atomic E-state index is 0.0935. The average molecular weight is 248 g/mol. The van der Waals surface area contributed by atoms with Gasteiger partial charge in [0.05, 0.1) is 0 Å². The van der Waals surface area contributed by atoms with E-state index in [0.29, 0.717) is 13.2 Å². The average Bonchev–Trinajstić information content (AvgIpc) is 2.96. The van der Waals surface area contributed by atoms with Gasteiger partial charge in [-0.05, 0) is 24.0 Å². The number of nitrogens with two attached hydrogens (primary N) is 1. The summed E-state index contributed by atoms with van der Waals surface area (Å²) < 4.78 is 5.42. The summed E-state index contributed by atoms with van der Waals surface area (Å²) in [4.78, 5) is 11.9. The van der Waals surface area contributed by atoms with Crippen molar-refractivity contribution < 1.29 is 9.53 Å². The van der Waals surface area contributed by atoms with Crippen molar-refractivity contribution in [2.24, 2.45) is 17.1 Å². The van der Waals surface area contributed by atoms with Crippen molar-refractivity contribution in [1.82, 2.24) is 0 Å². The molecule has 0 bridgehead atoms. The van der Waals surface area contributed by atoms with Gasteiger partial charge in [0.15, 0.2) is 0 Å². The quantitative estimate of drug-likeness (QED) is 0.837. The minimum Gasteiger partial charge on any atom is -0.492 e. The van der Waals surface area contributed by atoms with E-state index in [1.165, 1.54) is 0 Å². The minimum absolute atomic E-state index is 0.0935. The Morgan fingerprint density at radius 2 is 2.28 bits per heavy atom. The highest BCUT2D eigenvalue weighted by atomic mass is 16.5. The number of nitrogens with one attached hydrogen (secondary N) is 1. The molecule has 3 N–H and O–H groups in total. The van der Waals surface area contributed by atoms with Crippen LogP contribution in [0.1, 0.15) is 20.3 Å². The zero-order valence-electron chi connectivity index (χ0n) is 10.9. The zero-order chi connectivity index (χ0) is 13.2. The molecule has 0 aliphatic heterocycles. The third kappa shape index (κ3) is 3.01. The van der Waals surface area contributed by atoms with E-state index in [9.17, 15) is 4.79 Å². The van der Waals surface area contributed by atoms with Crippen molar-refractivity contribution in [2.75, 3.05) is 18.5 Å². The standard InChI is InChI=1S/C14H20N2O2/c1-14(2)9-12(14)13(17)16-10-4-3-5-11(8-10)18-7-6-15/h3-5,8,12H,6-7,9,15H2,1-2H3,(H,16,17). The highest BCUT2D eigenvalue weighted by molar-refractivity contribution is 5.95. The van der Waals surface area contributed by atoms with Crippen LogP contribution in [-0.4, -0.2) is 19.1 Å². The van der Waals surface area contributed by atoms with Crippen molar-refractivity contribution >= 4 is 11.6 Å². The predicted molar refractivity (Wildman–Crippen MR) is 71.5 cm³/mol. The fourth-order valence-electron chi connectivity index (χ4n) is 1.98. The molecule has 0 aromatic heterocycles. The van der Waals surface area contributed by atoms with Crippen LogP contribution >= 0.6 is 0 Å². The Kier molecular flexibility index (Phi) is 3.57. The molecule has 1 unspecified atom stereocenters. The summed E-state index contributed by atoms with van der Waals surface area (Å²) in [5, 5.41) is 2.93. The highest BCUT2D eigenvalue weighted by Gasteiger charge is 2.50.